The summed E-state index contributed by atoms with van der Waals surface area (Å²) in [4.78, 5) is 21.9. The molecular weight excluding hydrogens is 352 g/mol. The van der Waals surface area contributed by atoms with Crippen molar-refractivity contribution in [3.8, 4) is 0 Å². The Balaban J connectivity index is 1.44. The minimum Gasteiger partial charge on any atom is -0.383 e. The maximum atomic E-state index is 12.6. The number of piperazine rings is 1. The number of hydrogen-bond acceptors (Lipinski definition) is 5. The molecule has 3 aromatic rings. The van der Waals surface area contributed by atoms with Crippen molar-refractivity contribution in [3.05, 3.63) is 70.8 Å². The molecule has 1 fully saturated rings. The van der Waals surface area contributed by atoms with Crippen LogP contribution in [0.5, 0.6) is 0 Å². The molecule has 0 saturated carbocycles. The van der Waals surface area contributed by atoms with Crippen LogP contribution in [0.3, 0.4) is 0 Å². The zero-order valence-corrected chi connectivity index (χ0v) is 16.3. The van der Waals surface area contributed by atoms with Gasteiger partial charge in [0.1, 0.15) is 0 Å². The van der Waals surface area contributed by atoms with Crippen LogP contribution in [0.2, 0.25) is 0 Å². The van der Waals surface area contributed by atoms with Gasteiger partial charge in [-0.25, -0.2) is 4.98 Å². The third-order valence-electron chi connectivity index (χ3n) is 5.33. The third kappa shape index (κ3) is 4.08. The predicted octanol–water partition coefficient (Wildman–Crippen LogP) is 2.37. The van der Waals surface area contributed by atoms with Crippen LogP contribution in [0.15, 0.2) is 59.7 Å². The van der Waals surface area contributed by atoms with Crippen LogP contribution in [0.1, 0.15) is 5.56 Å². The number of methoxy groups -OCH3 is 1. The highest BCUT2D eigenvalue weighted by Gasteiger charge is 2.18. The number of anilines is 1. The number of rotatable bonds is 6. The highest BCUT2D eigenvalue weighted by atomic mass is 16.5. The molecule has 146 valence electrons. The molecule has 0 radical (unpaired) electrons. The summed E-state index contributed by atoms with van der Waals surface area (Å²) in [6, 6.07) is 16.6. The summed E-state index contributed by atoms with van der Waals surface area (Å²) in [5.41, 5.74) is 3.23. The van der Waals surface area contributed by atoms with Gasteiger partial charge < -0.3 is 9.64 Å². The lowest BCUT2D eigenvalue weighted by atomic mass is 10.1. The number of fused-ring (bicyclic) bond motifs is 1. The highest BCUT2D eigenvalue weighted by molar-refractivity contribution is 5.81. The van der Waals surface area contributed by atoms with Gasteiger partial charge in [-0.1, -0.05) is 30.3 Å². The molecule has 0 aliphatic carbocycles. The van der Waals surface area contributed by atoms with Crippen molar-refractivity contribution >= 4 is 16.6 Å². The van der Waals surface area contributed by atoms with Gasteiger partial charge in [-0.2, -0.15) is 0 Å². The van der Waals surface area contributed by atoms with E-state index in [2.05, 4.69) is 45.1 Å². The Bertz CT molecular complexity index is 979. The van der Waals surface area contributed by atoms with Crippen LogP contribution in [0, 0.1) is 0 Å². The van der Waals surface area contributed by atoms with Crippen LogP contribution in [-0.2, 0) is 17.8 Å². The Morgan fingerprint density at radius 3 is 2.57 bits per heavy atom. The van der Waals surface area contributed by atoms with E-state index in [0.29, 0.717) is 18.5 Å². The molecule has 2 aromatic carbocycles. The van der Waals surface area contributed by atoms with Crippen LogP contribution in [0.4, 0.5) is 5.69 Å². The number of aromatic nitrogens is 2. The standard InChI is InChI=1S/C22H26N4O2/c1-28-14-13-26-17-23-21-15-19(7-8-20(21)22(26)27)25-11-9-24(10-12-25)16-18-5-3-2-4-6-18/h2-8,15,17H,9-14,16H2,1H3. The molecule has 1 aromatic heterocycles. The number of benzene rings is 2. The van der Waals surface area contributed by atoms with E-state index in [-0.39, 0.29) is 5.56 Å². The lowest BCUT2D eigenvalue weighted by Crippen LogP contribution is -2.46. The van der Waals surface area contributed by atoms with Gasteiger partial charge in [0, 0.05) is 45.5 Å². The van der Waals surface area contributed by atoms with E-state index in [4.69, 9.17) is 4.74 Å². The maximum Gasteiger partial charge on any atom is 0.261 e. The van der Waals surface area contributed by atoms with Crippen LogP contribution >= 0.6 is 0 Å². The van der Waals surface area contributed by atoms with Crippen molar-refractivity contribution in [1.82, 2.24) is 14.5 Å². The molecule has 0 bridgehead atoms. The fraction of sp³-hybridized carbons (Fsp3) is 0.364. The molecule has 6 heteroatoms. The average molecular weight is 378 g/mol. The number of nitrogens with zero attached hydrogens (tertiary/aromatic N) is 4. The van der Waals surface area contributed by atoms with Crippen molar-refractivity contribution < 1.29 is 4.74 Å². The second-order valence-corrected chi connectivity index (χ2v) is 7.19. The summed E-state index contributed by atoms with van der Waals surface area (Å²) < 4.78 is 6.66. The van der Waals surface area contributed by atoms with Gasteiger partial charge >= 0.3 is 0 Å². The summed E-state index contributed by atoms with van der Waals surface area (Å²) in [5.74, 6) is 0. The largest absolute Gasteiger partial charge is 0.383 e. The third-order valence-corrected chi connectivity index (χ3v) is 5.33. The van der Waals surface area contributed by atoms with Gasteiger partial charge in [-0.05, 0) is 23.8 Å². The van der Waals surface area contributed by atoms with E-state index in [1.807, 2.05) is 18.2 Å². The maximum absolute atomic E-state index is 12.6. The van der Waals surface area contributed by atoms with Gasteiger partial charge in [0.25, 0.3) is 5.56 Å². The minimum absolute atomic E-state index is 0.0127. The van der Waals surface area contributed by atoms with Gasteiger partial charge in [0.05, 0.1) is 30.4 Å². The van der Waals surface area contributed by atoms with E-state index in [1.54, 1.807) is 18.0 Å². The van der Waals surface area contributed by atoms with Gasteiger partial charge in [-0.3, -0.25) is 14.3 Å². The van der Waals surface area contributed by atoms with E-state index in [9.17, 15) is 4.79 Å². The van der Waals surface area contributed by atoms with E-state index < -0.39 is 0 Å². The van der Waals surface area contributed by atoms with Crippen molar-refractivity contribution in [1.29, 1.82) is 0 Å². The first-order valence-corrected chi connectivity index (χ1v) is 9.74. The fourth-order valence-electron chi connectivity index (χ4n) is 3.70. The van der Waals surface area contributed by atoms with Crippen molar-refractivity contribution in [2.75, 3.05) is 44.8 Å². The molecule has 1 aliphatic rings. The minimum atomic E-state index is -0.0127. The molecule has 6 nitrogen and oxygen atoms in total. The smallest absolute Gasteiger partial charge is 0.261 e. The van der Waals surface area contributed by atoms with Crippen LogP contribution < -0.4 is 10.5 Å². The van der Waals surface area contributed by atoms with Crippen molar-refractivity contribution in [2.24, 2.45) is 0 Å². The molecule has 0 spiro atoms. The molecule has 2 heterocycles. The Labute approximate surface area is 165 Å². The van der Waals surface area contributed by atoms with Crippen molar-refractivity contribution in [3.63, 3.8) is 0 Å². The first-order valence-electron chi connectivity index (χ1n) is 9.74. The molecule has 0 atom stereocenters. The SMILES string of the molecule is COCCn1cnc2cc(N3CCN(Cc4ccccc4)CC3)ccc2c1=O. The molecule has 28 heavy (non-hydrogen) atoms. The predicted molar refractivity (Wildman–Crippen MR) is 112 cm³/mol. The van der Waals surface area contributed by atoms with Gasteiger partial charge in [0.2, 0.25) is 0 Å². The average Bonchev–Trinajstić information content (AvgIpc) is 2.74. The number of ether oxygens (including phenoxy) is 1. The zero-order valence-electron chi connectivity index (χ0n) is 16.3. The first-order chi connectivity index (χ1) is 13.7. The second kappa shape index (κ2) is 8.54. The molecule has 1 saturated heterocycles. The monoisotopic (exact) mass is 378 g/mol. The van der Waals surface area contributed by atoms with Crippen LogP contribution in [0.25, 0.3) is 10.9 Å². The Kier molecular flexibility index (Phi) is 5.69. The number of hydrogen-bond donors (Lipinski definition) is 0. The fourth-order valence-corrected chi connectivity index (χ4v) is 3.70. The first kappa shape index (κ1) is 18.7. The molecule has 0 unspecified atom stereocenters. The molecular formula is C22H26N4O2. The van der Waals surface area contributed by atoms with E-state index in [1.165, 1.54) is 5.56 Å². The summed E-state index contributed by atoms with van der Waals surface area (Å²) in [6.07, 6.45) is 1.62. The Hall–Kier alpha value is -2.70. The lowest BCUT2D eigenvalue weighted by molar-refractivity contribution is 0.186. The van der Waals surface area contributed by atoms with Crippen molar-refractivity contribution in [2.45, 2.75) is 13.1 Å². The van der Waals surface area contributed by atoms with Gasteiger partial charge in [0.15, 0.2) is 0 Å². The highest BCUT2D eigenvalue weighted by Crippen LogP contribution is 2.21. The summed E-state index contributed by atoms with van der Waals surface area (Å²) >= 11 is 0. The topological polar surface area (TPSA) is 50.6 Å². The summed E-state index contributed by atoms with van der Waals surface area (Å²) in [7, 11) is 1.63. The molecule has 1 aliphatic heterocycles. The Morgan fingerprint density at radius 1 is 1.04 bits per heavy atom. The van der Waals surface area contributed by atoms with E-state index in [0.717, 1.165) is 43.9 Å². The zero-order chi connectivity index (χ0) is 19.3. The molecule has 4 rings (SSSR count). The summed E-state index contributed by atoms with van der Waals surface area (Å²) in [5, 5.41) is 0.657. The Morgan fingerprint density at radius 2 is 1.82 bits per heavy atom. The van der Waals surface area contributed by atoms with E-state index >= 15 is 0 Å². The molecule has 0 N–H and O–H groups in total. The lowest BCUT2D eigenvalue weighted by Gasteiger charge is -2.36. The second-order valence-electron chi connectivity index (χ2n) is 7.19. The normalized spacial score (nSPS) is 15.2. The molecule has 0 amide bonds. The summed E-state index contributed by atoms with van der Waals surface area (Å²) in [6.45, 7) is 6.02. The van der Waals surface area contributed by atoms with Gasteiger partial charge in [-0.15, -0.1) is 0 Å². The van der Waals surface area contributed by atoms with Crippen LogP contribution in [-0.4, -0.2) is 54.3 Å². The quantitative estimate of drug-likeness (QED) is 0.659.